The third-order valence-electron chi connectivity index (χ3n) is 25.2. The number of hydrogen-bond donors (Lipinski definition) is 5. The van der Waals surface area contributed by atoms with Gasteiger partial charge in [-0.2, -0.15) is 0 Å². The second-order valence-corrected chi connectivity index (χ2v) is 38.1. The maximum absolute atomic E-state index is 10.6. The molecule has 0 spiro atoms. The van der Waals surface area contributed by atoms with Crippen molar-refractivity contribution in [2.75, 3.05) is 66.1 Å². The molecule has 0 radical (unpaired) electrons. The summed E-state index contributed by atoms with van der Waals surface area (Å²) >= 11 is 0. The van der Waals surface area contributed by atoms with Crippen LogP contribution in [0.1, 0.15) is 402 Å². The van der Waals surface area contributed by atoms with Crippen molar-refractivity contribution in [1.29, 1.82) is 0 Å². The molecular formula is C119H190O15. The molecule has 10 rings (SSSR count). The number of aryl methyl sites for hydroxylation is 2. The molecule has 756 valence electrons. The van der Waals surface area contributed by atoms with Crippen LogP contribution < -0.4 is 47.4 Å². The van der Waals surface area contributed by atoms with Crippen LogP contribution in [-0.2, 0) is 12.8 Å². The molecule has 0 amide bonds. The fourth-order valence-electron chi connectivity index (χ4n) is 17.3. The lowest BCUT2D eigenvalue weighted by Crippen LogP contribution is -2.37. The molecule has 3 aliphatic carbocycles. The van der Waals surface area contributed by atoms with E-state index in [1.807, 2.05) is 133 Å². The van der Waals surface area contributed by atoms with Gasteiger partial charge in [0.25, 0.3) is 0 Å². The molecule has 7 aromatic rings. The van der Waals surface area contributed by atoms with Gasteiger partial charge in [-0.3, -0.25) is 0 Å². The summed E-state index contributed by atoms with van der Waals surface area (Å²) in [6.45, 7) is 38.8. The molecule has 0 heterocycles. The van der Waals surface area contributed by atoms with Crippen LogP contribution in [0.4, 0.5) is 0 Å². The van der Waals surface area contributed by atoms with Gasteiger partial charge in [0.05, 0.1) is 75.3 Å². The Bertz CT molecular complexity index is 3910. The van der Waals surface area contributed by atoms with Gasteiger partial charge in [0, 0.05) is 18.2 Å². The Morgan fingerprint density at radius 2 is 0.612 bits per heavy atom. The number of aliphatic hydroxyl groups excluding tert-OH is 2. The van der Waals surface area contributed by atoms with Crippen LogP contribution in [-0.4, -0.2) is 108 Å². The standard InChI is InChI=1S/C18H30O3.2C18H30O2.C17H26O2.C16H24O3.C16H24O2.C16H26O/c1-4-8-17(19)15-9-7-10-16(13-15)21-14-18(20,11-5-2)12-6-3;1-4-8-15(9-5-2)14-20-17-12-7-11-16(13-17)18(19)10-6-3;1-4-7-9-16-10-8-11-17(14-16)20-15-18(19,12-5-2)13-6-3;1-2-12-18-16-10-7-11-17(13-16)19-14-15-8-5-3-4-6-9-15;1-2-11-18-14-7-6-8-15(12-14)19-13-16(17)9-4-3-5-10-16;1-2-11-17-15-9-6-10-16(12-15)18-13-14-7-4-3-5-8-14;1-4-7-9-15-10-8-11-16(12-15)17-13-14(5-2)6-3/h7,9-10,13,17,19-20H,4-6,8,11-12,14H2,1-3H3;7,11-13,15,18-19H,4-6,8-10,14H2,1-3H3;8,10-11,14,19H,4-7,9,12-13,15H2,1-3H3;7,10-11,13,15H,2-6,8-9,12,14H2,1H3;6-8,12,17H,2-5,9-11,13H2,1H3;6,9-10,12,14H,2-5,7-8,11,13H2,1H3;8,10-12,14H,4-7,9,13H2,1-3H3. The van der Waals surface area contributed by atoms with Crippen molar-refractivity contribution in [2.24, 2.45) is 23.7 Å². The van der Waals surface area contributed by atoms with Crippen LogP contribution in [0.15, 0.2) is 170 Å². The van der Waals surface area contributed by atoms with Crippen LogP contribution in [0.2, 0.25) is 0 Å². The maximum Gasteiger partial charge on any atom is 0.123 e. The Hall–Kier alpha value is -7.66. The van der Waals surface area contributed by atoms with E-state index in [9.17, 15) is 25.5 Å². The highest BCUT2D eigenvalue weighted by atomic mass is 16.5. The normalized spacial score (nSPS) is 14.2. The summed E-state index contributed by atoms with van der Waals surface area (Å²) in [5.74, 6) is 11.6. The van der Waals surface area contributed by atoms with Crippen LogP contribution in [0.3, 0.4) is 0 Å². The van der Waals surface area contributed by atoms with Crippen molar-refractivity contribution in [3.63, 3.8) is 0 Å². The minimum absolute atomic E-state index is 0.308. The summed E-state index contributed by atoms with van der Waals surface area (Å²) < 4.78 is 57.8. The van der Waals surface area contributed by atoms with Crippen molar-refractivity contribution in [1.82, 2.24) is 0 Å². The summed E-state index contributed by atoms with van der Waals surface area (Å²) in [5, 5.41) is 51.6. The quantitative estimate of drug-likeness (QED) is 0.0226. The zero-order valence-corrected chi connectivity index (χ0v) is 86.9. The van der Waals surface area contributed by atoms with Crippen LogP contribution in [0.25, 0.3) is 0 Å². The molecule has 7 aromatic carbocycles. The monoisotopic (exact) mass is 1860 g/mol. The molecule has 0 saturated heterocycles. The fraction of sp³-hybridized carbons (Fsp3) is 0.647. The van der Waals surface area contributed by atoms with Gasteiger partial charge in [-0.05, 0) is 266 Å². The highest BCUT2D eigenvalue weighted by molar-refractivity contribution is 5.36. The first-order valence-electron chi connectivity index (χ1n) is 53.7. The molecule has 15 heteroatoms. The van der Waals surface area contributed by atoms with E-state index >= 15 is 0 Å². The Morgan fingerprint density at radius 1 is 0.306 bits per heavy atom. The van der Waals surface area contributed by atoms with Crippen LogP contribution >= 0.6 is 0 Å². The number of ether oxygens (including phenoxy) is 10. The summed E-state index contributed by atoms with van der Waals surface area (Å²) in [7, 11) is 0. The zero-order chi connectivity index (χ0) is 97.4. The molecule has 2 unspecified atom stereocenters. The number of unbranched alkanes of at least 4 members (excludes halogenated alkanes) is 2. The lowest BCUT2D eigenvalue weighted by atomic mass is 9.85. The number of rotatable bonds is 56. The van der Waals surface area contributed by atoms with Gasteiger partial charge in [-0.1, -0.05) is 312 Å². The number of aliphatic hydroxyl groups is 5. The number of benzene rings is 7. The van der Waals surface area contributed by atoms with Gasteiger partial charge in [-0.25, -0.2) is 0 Å². The molecule has 0 bridgehead atoms. The Kier molecular flexibility index (Phi) is 65.9. The van der Waals surface area contributed by atoms with Gasteiger partial charge in [-0.15, -0.1) is 0 Å². The molecule has 3 fully saturated rings. The predicted octanol–water partition coefficient (Wildman–Crippen LogP) is 31.7. The third kappa shape index (κ3) is 53.9. The molecule has 0 aromatic heterocycles. The van der Waals surface area contributed by atoms with E-state index in [0.717, 1.165) is 243 Å². The fourth-order valence-corrected chi connectivity index (χ4v) is 17.3. The second-order valence-electron chi connectivity index (χ2n) is 38.1. The largest absolute Gasteiger partial charge is 0.493 e. The van der Waals surface area contributed by atoms with E-state index in [0.29, 0.717) is 44.0 Å². The van der Waals surface area contributed by atoms with Crippen LogP contribution in [0.5, 0.6) is 57.5 Å². The highest BCUT2D eigenvalue weighted by Crippen LogP contribution is 2.34. The average molecular weight is 1860 g/mol. The minimum atomic E-state index is -0.748. The van der Waals surface area contributed by atoms with E-state index in [2.05, 4.69) is 140 Å². The molecule has 3 saturated carbocycles. The second kappa shape index (κ2) is 74.4. The van der Waals surface area contributed by atoms with E-state index in [1.165, 1.54) is 159 Å². The summed E-state index contributed by atoms with van der Waals surface area (Å²) in [4.78, 5) is 0. The summed E-state index contributed by atoms with van der Waals surface area (Å²) in [6, 6.07) is 56.0. The lowest BCUT2D eigenvalue weighted by Gasteiger charge is -2.31. The molecule has 134 heavy (non-hydrogen) atoms. The lowest BCUT2D eigenvalue weighted by molar-refractivity contribution is -0.0339. The smallest absolute Gasteiger partial charge is 0.123 e. The van der Waals surface area contributed by atoms with Crippen molar-refractivity contribution >= 4 is 0 Å². The molecule has 15 nitrogen and oxygen atoms in total. The third-order valence-corrected chi connectivity index (χ3v) is 25.2. The molecule has 0 aliphatic heterocycles. The van der Waals surface area contributed by atoms with Crippen LogP contribution in [0, 0.1) is 23.7 Å². The van der Waals surface area contributed by atoms with E-state index < -0.39 is 22.9 Å². The summed E-state index contributed by atoms with van der Waals surface area (Å²) in [5.41, 5.74) is 2.49. The SMILES string of the molecule is CCCC(CCC)COc1cccc(C(O)CCC)c1.CCCC(O)c1cccc(OCC(O)(CCC)CCC)c1.CCCCc1cccc(OCC(CC)CC)c1.CCCCc1cccc(OCC(O)(CCC)CCC)c1.CCCOc1cccc(OCC2(O)CCCCC2)c1.CCCOc1cccc(OCC2CCCCC2)c1.CCCOc1cccc(OCC2CCCCCC2)c1. The Morgan fingerprint density at radius 3 is 0.963 bits per heavy atom. The molecular weight excluding hydrogens is 1670 g/mol. The highest BCUT2D eigenvalue weighted by Gasteiger charge is 2.31. The number of hydrogen-bond acceptors (Lipinski definition) is 15. The average Bonchev–Trinajstić information content (AvgIpc) is 0.949. The van der Waals surface area contributed by atoms with Gasteiger partial charge >= 0.3 is 0 Å². The van der Waals surface area contributed by atoms with Gasteiger partial charge in [0.1, 0.15) is 77.3 Å². The first-order valence-corrected chi connectivity index (χ1v) is 53.7. The Labute approximate surface area is 816 Å². The van der Waals surface area contributed by atoms with E-state index in [-0.39, 0.29) is 6.10 Å². The topological polar surface area (TPSA) is 193 Å². The maximum atomic E-state index is 10.6. The first-order chi connectivity index (χ1) is 65.2. The predicted molar refractivity (Wildman–Crippen MR) is 561 cm³/mol. The van der Waals surface area contributed by atoms with Crippen molar-refractivity contribution in [3.8, 4) is 57.5 Å². The Balaban J connectivity index is 0.000000327. The molecule has 2 atom stereocenters. The molecule has 3 aliphatic rings. The first kappa shape index (κ1) is 119. The van der Waals surface area contributed by atoms with Gasteiger partial charge in [0.15, 0.2) is 0 Å². The van der Waals surface area contributed by atoms with Gasteiger partial charge < -0.3 is 72.9 Å². The summed E-state index contributed by atoms with van der Waals surface area (Å²) in [6.07, 6.45) is 47.2. The minimum Gasteiger partial charge on any atom is -0.493 e. The van der Waals surface area contributed by atoms with E-state index in [4.69, 9.17) is 47.4 Å². The van der Waals surface area contributed by atoms with Crippen molar-refractivity contribution in [3.05, 3.63) is 192 Å². The van der Waals surface area contributed by atoms with Gasteiger partial charge in [0.2, 0.25) is 0 Å². The zero-order valence-electron chi connectivity index (χ0n) is 86.9. The molecule has 5 N–H and O–H groups in total. The van der Waals surface area contributed by atoms with Crippen molar-refractivity contribution in [2.45, 2.75) is 409 Å². The van der Waals surface area contributed by atoms with Crippen molar-refractivity contribution < 1.29 is 72.9 Å². The van der Waals surface area contributed by atoms with E-state index in [1.54, 1.807) is 0 Å².